The summed E-state index contributed by atoms with van der Waals surface area (Å²) < 4.78 is 13.7. The van der Waals surface area contributed by atoms with Crippen molar-refractivity contribution < 1.29 is 19.1 Å². The summed E-state index contributed by atoms with van der Waals surface area (Å²) in [4.78, 5) is 29.4. The maximum absolute atomic E-state index is 13.7. The Kier molecular flexibility index (Phi) is 4.50. The van der Waals surface area contributed by atoms with Crippen LogP contribution in [0.5, 0.6) is 0 Å². The Morgan fingerprint density at radius 2 is 2.29 bits per heavy atom. The van der Waals surface area contributed by atoms with Crippen LogP contribution in [0.25, 0.3) is 0 Å². The summed E-state index contributed by atoms with van der Waals surface area (Å²) in [6, 6.07) is 0.495. The fourth-order valence-electron chi connectivity index (χ4n) is 3.36. The van der Waals surface area contributed by atoms with Crippen LogP contribution < -0.4 is 5.32 Å². The van der Waals surface area contributed by atoms with Gasteiger partial charge in [-0.25, -0.2) is 14.2 Å². The van der Waals surface area contributed by atoms with Gasteiger partial charge in [-0.2, -0.15) is 11.8 Å². The first-order valence-corrected chi connectivity index (χ1v) is 9.61. The number of nitrogens with one attached hydrogen (secondary N) is 1. The van der Waals surface area contributed by atoms with Crippen LogP contribution in [0.4, 0.5) is 15.0 Å². The molecule has 0 radical (unpaired) electrons. The Morgan fingerprint density at radius 1 is 1.58 bits per heavy atom. The number of likely N-dealkylation sites (tertiary alicyclic amines) is 1. The van der Waals surface area contributed by atoms with Gasteiger partial charge >= 0.3 is 6.09 Å². The molecular weight excluding hydrogens is 401 g/mol. The third kappa shape index (κ3) is 2.99. The van der Waals surface area contributed by atoms with E-state index in [9.17, 15) is 19.1 Å². The van der Waals surface area contributed by atoms with Crippen molar-refractivity contribution >= 4 is 45.5 Å². The standard InChI is InChI=1S/C15H17BrFN3O3S/c1-15-4-9(20(14(22)23)10(15)5-15)13(21)19-12-7(6-24-2)3-8(17)11(16)18-12/h3,9-10H,4-6H2,1-2H3,(H,22,23)(H,18,19,21)/t9?,10-,15+/m1/s1. The molecule has 1 aliphatic carbocycles. The van der Waals surface area contributed by atoms with Crippen LogP contribution in [0.2, 0.25) is 0 Å². The molecule has 1 aromatic heterocycles. The van der Waals surface area contributed by atoms with E-state index in [2.05, 4.69) is 26.2 Å². The van der Waals surface area contributed by atoms with Gasteiger partial charge in [0.2, 0.25) is 5.91 Å². The Morgan fingerprint density at radius 3 is 2.92 bits per heavy atom. The van der Waals surface area contributed by atoms with Crippen molar-refractivity contribution in [2.45, 2.75) is 37.6 Å². The zero-order valence-corrected chi connectivity index (χ0v) is 15.6. The van der Waals surface area contributed by atoms with Crippen LogP contribution in [0.1, 0.15) is 25.3 Å². The van der Waals surface area contributed by atoms with Crippen molar-refractivity contribution in [1.29, 1.82) is 0 Å². The van der Waals surface area contributed by atoms with Gasteiger partial charge in [0.15, 0.2) is 5.82 Å². The first kappa shape index (κ1) is 17.5. The Hall–Kier alpha value is -1.35. The lowest BCUT2D eigenvalue weighted by Gasteiger charge is -2.24. The number of piperidine rings is 1. The molecule has 1 aliphatic heterocycles. The molecule has 0 aromatic carbocycles. The highest BCUT2D eigenvalue weighted by atomic mass is 79.9. The lowest BCUT2D eigenvalue weighted by Crippen LogP contribution is -2.45. The maximum Gasteiger partial charge on any atom is 0.408 e. The minimum atomic E-state index is -1.08. The number of halogens is 2. The molecule has 1 saturated heterocycles. The van der Waals surface area contributed by atoms with E-state index in [0.717, 1.165) is 6.42 Å². The number of amides is 2. The number of nitrogens with zero attached hydrogens (tertiary/aromatic N) is 2. The molecule has 1 aromatic rings. The smallest absolute Gasteiger partial charge is 0.408 e. The molecule has 3 rings (SSSR count). The van der Waals surface area contributed by atoms with Gasteiger partial charge in [-0.15, -0.1) is 0 Å². The summed E-state index contributed by atoms with van der Waals surface area (Å²) in [6.07, 6.45) is 2.07. The zero-order valence-electron chi connectivity index (χ0n) is 13.2. The molecule has 130 valence electrons. The van der Waals surface area contributed by atoms with Gasteiger partial charge < -0.3 is 10.4 Å². The molecule has 9 heteroatoms. The molecular formula is C15H17BrFN3O3S. The van der Waals surface area contributed by atoms with E-state index in [4.69, 9.17) is 0 Å². The van der Waals surface area contributed by atoms with Gasteiger partial charge in [-0.3, -0.25) is 9.69 Å². The first-order chi connectivity index (χ1) is 11.3. The van der Waals surface area contributed by atoms with Crippen LogP contribution in [-0.2, 0) is 10.5 Å². The number of carbonyl (C=O) groups is 2. The van der Waals surface area contributed by atoms with E-state index in [-0.39, 0.29) is 21.9 Å². The number of carboxylic acid groups (broad SMARTS) is 1. The topological polar surface area (TPSA) is 82.5 Å². The van der Waals surface area contributed by atoms with Gasteiger partial charge in [0.1, 0.15) is 16.5 Å². The maximum atomic E-state index is 13.7. The van der Waals surface area contributed by atoms with Crippen molar-refractivity contribution in [3.63, 3.8) is 0 Å². The summed E-state index contributed by atoms with van der Waals surface area (Å²) in [6.45, 7) is 1.99. The highest BCUT2D eigenvalue weighted by molar-refractivity contribution is 9.10. The van der Waals surface area contributed by atoms with Crippen LogP contribution >= 0.6 is 27.7 Å². The minimum absolute atomic E-state index is 0.0129. The summed E-state index contributed by atoms with van der Waals surface area (Å²) >= 11 is 4.49. The number of rotatable bonds is 4. The third-order valence-corrected chi connectivity index (χ3v) is 5.87. The van der Waals surface area contributed by atoms with Gasteiger partial charge in [0.25, 0.3) is 0 Å². The van der Waals surface area contributed by atoms with Crippen molar-refractivity contribution in [2.75, 3.05) is 11.6 Å². The fourth-order valence-corrected chi connectivity index (χ4v) is 4.18. The second-order valence-electron chi connectivity index (χ2n) is 6.47. The van der Waals surface area contributed by atoms with Crippen molar-refractivity contribution in [1.82, 2.24) is 9.88 Å². The molecule has 2 heterocycles. The number of pyridine rings is 1. The van der Waals surface area contributed by atoms with Gasteiger partial charge in [-0.05, 0) is 46.5 Å². The summed E-state index contributed by atoms with van der Waals surface area (Å²) in [5.74, 6) is -0.169. The number of fused-ring (bicyclic) bond motifs is 1. The molecule has 3 atom stereocenters. The second kappa shape index (κ2) is 6.18. The van der Waals surface area contributed by atoms with E-state index >= 15 is 0 Å². The van der Waals surface area contributed by atoms with Crippen LogP contribution in [0, 0.1) is 11.2 Å². The Labute approximate surface area is 151 Å². The van der Waals surface area contributed by atoms with E-state index in [1.807, 2.05) is 13.2 Å². The molecule has 0 bridgehead atoms. The van der Waals surface area contributed by atoms with Crippen LogP contribution in [0.3, 0.4) is 0 Å². The predicted molar refractivity (Wildman–Crippen MR) is 92.5 cm³/mol. The summed E-state index contributed by atoms with van der Waals surface area (Å²) in [7, 11) is 0. The number of aromatic nitrogens is 1. The number of hydrogen-bond donors (Lipinski definition) is 2. The normalized spacial score (nSPS) is 27.8. The number of carbonyl (C=O) groups excluding carboxylic acids is 1. The third-order valence-electron chi connectivity index (χ3n) is 4.71. The van der Waals surface area contributed by atoms with Crippen LogP contribution in [-0.4, -0.2) is 45.3 Å². The molecule has 1 saturated carbocycles. The molecule has 0 spiro atoms. The van der Waals surface area contributed by atoms with Gasteiger partial charge in [-0.1, -0.05) is 6.92 Å². The average molecular weight is 418 g/mol. The monoisotopic (exact) mass is 417 g/mol. The summed E-state index contributed by atoms with van der Waals surface area (Å²) in [5, 5.41) is 12.1. The highest BCUT2D eigenvalue weighted by Crippen LogP contribution is 2.59. The number of hydrogen-bond acceptors (Lipinski definition) is 4. The average Bonchev–Trinajstić information content (AvgIpc) is 3.05. The van der Waals surface area contributed by atoms with Crippen molar-refractivity contribution in [3.8, 4) is 0 Å². The predicted octanol–water partition coefficient (Wildman–Crippen LogP) is 3.32. The van der Waals surface area contributed by atoms with E-state index in [1.54, 1.807) is 0 Å². The van der Waals surface area contributed by atoms with E-state index in [0.29, 0.717) is 17.7 Å². The summed E-state index contributed by atoms with van der Waals surface area (Å²) in [5.41, 5.74) is 0.451. The highest BCUT2D eigenvalue weighted by Gasteiger charge is 2.64. The molecule has 2 amide bonds. The van der Waals surface area contributed by atoms with Crippen molar-refractivity contribution in [2.24, 2.45) is 5.41 Å². The zero-order chi connectivity index (χ0) is 17.6. The quantitative estimate of drug-likeness (QED) is 0.734. The number of thioether (sulfide) groups is 1. The second-order valence-corrected chi connectivity index (χ2v) is 8.09. The van der Waals surface area contributed by atoms with Crippen molar-refractivity contribution in [3.05, 3.63) is 22.1 Å². The lowest BCUT2D eigenvalue weighted by atomic mass is 10.0. The first-order valence-electron chi connectivity index (χ1n) is 7.43. The van der Waals surface area contributed by atoms with E-state index < -0.39 is 23.9 Å². The van der Waals surface area contributed by atoms with Gasteiger partial charge in [0, 0.05) is 17.4 Å². The van der Waals surface area contributed by atoms with Crippen LogP contribution in [0.15, 0.2) is 10.7 Å². The molecule has 1 unspecified atom stereocenters. The molecule has 2 N–H and O–H groups in total. The Bertz CT molecular complexity index is 719. The molecule has 6 nitrogen and oxygen atoms in total. The SMILES string of the molecule is CSCc1cc(F)c(Br)nc1NC(=O)C1C[C@@]2(C)C[C@H]2N1C(=O)O. The van der Waals surface area contributed by atoms with E-state index in [1.165, 1.54) is 22.7 Å². The number of anilines is 1. The molecule has 2 aliphatic rings. The molecule has 24 heavy (non-hydrogen) atoms. The lowest BCUT2D eigenvalue weighted by molar-refractivity contribution is -0.120. The van der Waals surface area contributed by atoms with Gasteiger partial charge in [0.05, 0.1) is 0 Å². The Balaban J connectivity index is 1.82. The minimum Gasteiger partial charge on any atom is -0.465 e. The largest absolute Gasteiger partial charge is 0.465 e. The molecule has 2 fully saturated rings. The fraction of sp³-hybridized carbons (Fsp3) is 0.533.